The number of amides is 1. The Kier molecular flexibility index (Phi) is 5.05. The fourth-order valence-electron chi connectivity index (χ4n) is 3.59. The maximum absolute atomic E-state index is 12.9. The van der Waals surface area contributed by atoms with E-state index < -0.39 is 0 Å². The van der Waals surface area contributed by atoms with Gasteiger partial charge in [-0.15, -0.1) is 0 Å². The summed E-state index contributed by atoms with van der Waals surface area (Å²) in [5.74, 6) is 1.39. The second-order valence-electron chi connectivity index (χ2n) is 6.72. The van der Waals surface area contributed by atoms with Gasteiger partial charge in [0.25, 0.3) is 5.91 Å². The largest absolute Gasteiger partial charge is 0.493 e. The SMILES string of the molecule is COc1cc(C(=O)Nc2ccccc2N2CCCCC2)cc2c1OCCO2. The van der Waals surface area contributed by atoms with Gasteiger partial charge < -0.3 is 24.4 Å². The van der Waals surface area contributed by atoms with Gasteiger partial charge in [-0.05, 0) is 43.5 Å². The highest BCUT2D eigenvalue weighted by atomic mass is 16.6. The van der Waals surface area contributed by atoms with Crippen LogP contribution in [-0.2, 0) is 0 Å². The monoisotopic (exact) mass is 368 g/mol. The van der Waals surface area contributed by atoms with Crippen molar-refractivity contribution in [2.75, 3.05) is 43.6 Å². The average molecular weight is 368 g/mol. The smallest absolute Gasteiger partial charge is 0.255 e. The van der Waals surface area contributed by atoms with E-state index in [0.29, 0.717) is 36.0 Å². The maximum Gasteiger partial charge on any atom is 0.255 e. The van der Waals surface area contributed by atoms with Gasteiger partial charge in [0.2, 0.25) is 5.75 Å². The zero-order valence-corrected chi connectivity index (χ0v) is 15.5. The lowest BCUT2D eigenvalue weighted by atomic mass is 10.1. The van der Waals surface area contributed by atoms with E-state index in [0.717, 1.165) is 24.5 Å². The van der Waals surface area contributed by atoms with E-state index >= 15 is 0 Å². The standard InChI is InChI=1S/C21H24N2O4/c1-25-18-13-15(14-19-20(18)27-12-11-26-19)21(24)22-16-7-3-4-8-17(16)23-9-5-2-6-10-23/h3-4,7-8,13-14H,2,5-6,9-12H2,1H3,(H,22,24). The molecule has 27 heavy (non-hydrogen) atoms. The van der Waals surface area contributed by atoms with Crippen LogP contribution in [0.5, 0.6) is 17.2 Å². The minimum absolute atomic E-state index is 0.199. The summed E-state index contributed by atoms with van der Waals surface area (Å²) in [5, 5.41) is 3.05. The van der Waals surface area contributed by atoms with Crippen LogP contribution in [0.25, 0.3) is 0 Å². The molecule has 0 radical (unpaired) electrons. The van der Waals surface area contributed by atoms with E-state index in [4.69, 9.17) is 14.2 Å². The molecule has 2 aliphatic heterocycles. The Labute approximate surface area is 159 Å². The van der Waals surface area contributed by atoms with E-state index in [2.05, 4.69) is 16.3 Å². The lowest BCUT2D eigenvalue weighted by Gasteiger charge is -2.30. The average Bonchev–Trinajstić information content (AvgIpc) is 2.74. The first-order chi connectivity index (χ1) is 13.3. The molecule has 1 N–H and O–H groups in total. The van der Waals surface area contributed by atoms with Crippen molar-refractivity contribution in [3.05, 3.63) is 42.0 Å². The summed E-state index contributed by atoms with van der Waals surface area (Å²) in [5.41, 5.74) is 2.36. The first-order valence-electron chi connectivity index (χ1n) is 9.39. The van der Waals surface area contributed by atoms with Gasteiger partial charge in [0, 0.05) is 18.7 Å². The van der Waals surface area contributed by atoms with Crippen LogP contribution >= 0.6 is 0 Å². The Morgan fingerprint density at radius 3 is 2.67 bits per heavy atom. The number of carbonyl (C=O) groups excluding carboxylic acids is 1. The Bertz CT molecular complexity index is 814. The molecule has 1 saturated heterocycles. The minimum atomic E-state index is -0.199. The van der Waals surface area contributed by atoms with Crippen LogP contribution in [0.1, 0.15) is 29.6 Å². The molecule has 0 aliphatic carbocycles. The highest BCUT2D eigenvalue weighted by Gasteiger charge is 2.22. The van der Waals surface area contributed by atoms with E-state index in [1.54, 1.807) is 19.2 Å². The number of para-hydroxylation sites is 2. The summed E-state index contributed by atoms with van der Waals surface area (Å²) in [4.78, 5) is 15.3. The molecule has 0 atom stereocenters. The third-order valence-corrected chi connectivity index (χ3v) is 4.94. The van der Waals surface area contributed by atoms with Crippen LogP contribution in [0.2, 0.25) is 0 Å². The summed E-state index contributed by atoms with van der Waals surface area (Å²) in [7, 11) is 1.56. The molecular formula is C21H24N2O4. The van der Waals surface area contributed by atoms with E-state index in [9.17, 15) is 4.79 Å². The number of ether oxygens (including phenoxy) is 3. The summed E-state index contributed by atoms with van der Waals surface area (Å²) >= 11 is 0. The molecule has 0 aromatic heterocycles. The summed E-state index contributed by atoms with van der Waals surface area (Å²) in [6, 6.07) is 11.3. The van der Waals surface area contributed by atoms with Crippen molar-refractivity contribution in [2.24, 2.45) is 0 Å². The van der Waals surface area contributed by atoms with Crippen LogP contribution in [0.3, 0.4) is 0 Å². The number of benzene rings is 2. The number of rotatable bonds is 4. The predicted octanol–water partition coefficient (Wildman–Crippen LogP) is 3.71. The van der Waals surface area contributed by atoms with Gasteiger partial charge in [-0.3, -0.25) is 4.79 Å². The highest BCUT2D eigenvalue weighted by molar-refractivity contribution is 6.06. The third-order valence-electron chi connectivity index (χ3n) is 4.94. The Morgan fingerprint density at radius 1 is 1.07 bits per heavy atom. The zero-order chi connectivity index (χ0) is 18.6. The van der Waals surface area contributed by atoms with Crippen molar-refractivity contribution >= 4 is 17.3 Å². The van der Waals surface area contributed by atoms with Crippen molar-refractivity contribution in [1.82, 2.24) is 0 Å². The van der Waals surface area contributed by atoms with Crippen molar-refractivity contribution in [3.8, 4) is 17.2 Å². The Hall–Kier alpha value is -2.89. The molecule has 6 nitrogen and oxygen atoms in total. The van der Waals surface area contributed by atoms with Crippen LogP contribution in [0.15, 0.2) is 36.4 Å². The van der Waals surface area contributed by atoms with Crippen molar-refractivity contribution in [3.63, 3.8) is 0 Å². The lowest BCUT2D eigenvalue weighted by Crippen LogP contribution is -2.30. The summed E-state index contributed by atoms with van der Waals surface area (Å²) in [6.07, 6.45) is 3.63. The number of piperidine rings is 1. The van der Waals surface area contributed by atoms with E-state index in [-0.39, 0.29) is 5.91 Å². The van der Waals surface area contributed by atoms with Gasteiger partial charge >= 0.3 is 0 Å². The van der Waals surface area contributed by atoms with Crippen LogP contribution in [0, 0.1) is 0 Å². The van der Waals surface area contributed by atoms with Crippen LogP contribution < -0.4 is 24.4 Å². The molecule has 2 aromatic carbocycles. The molecule has 2 aromatic rings. The Balaban J connectivity index is 1.60. The number of nitrogens with one attached hydrogen (secondary N) is 1. The van der Waals surface area contributed by atoms with Gasteiger partial charge in [-0.25, -0.2) is 0 Å². The van der Waals surface area contributed by atoms with Crippen molar-refractivity contribution in [1.29, 1.82) is 0 Å². The summed E-state index contributed by atoms with van der Waals surface area (Å²) < 4.78 is 16.6. The quantitative estimate of drug-likeness (QED) is 0.891. The minimum Gasteiger partial charge on any atom is -0.493 e. The highest BCUT2D eigenvalue weighted by Crippen LogP contribution is 2.40. The molecule has 1 amide bonds. The van der Waals surface area contributed by atoms with Gasteiger partial charge in [-0.1, -0.05) is 12.1 Å². The molecule has 0 spiro atoms. The molecule has 4 rings (SSSR count). The van der Waals surface area contributed by atoms with E-state index in [1.165, 1.54) is 19.3 Å². The first kappa shape index (κ1) is 17.5. The van der Waals surface area contributed by atoms with Crippen molar-refractivity contribution in [2.45, 2.75) is 19.3 Å². The van der Waals surface area contributed by atoms with E-state index in [1.807, 2.05) is 18.2 Å². The molecule has 0 saturated carbocycles. The van der Waals surface area contributed by atoms with Gasteiger partial charge in [0.1, 0.15) is 13.2 Å². The van der Waals surface area contributed by atoms with Gasteiger partial charge in [0.05, 0.1) is 18.5 Å². The zero-order valence-electron chi connectivity index (χ0n) is 15.5. The molecule has 142 valence electrons. The Morgan fingerprint density at radius 2 is 1.85 bits per heavy atom. The molecule has 6 heteroatoms. The molecule has 2 heterocycles. The maximum atomic E-state index is 12.9. The number of hydrogen-bond acceptors (Lipinski definition) is 5. The molecule has 0 bridgehead atoms. The number of nitrogens with zero attached hydrogens (tertiary/aromatic N) is 1. The predicted molar refractivity (Wildman–Crippen MR) is 104 cm³/mol. The first-order valence-corrected chi connectivity index (χ1v) is 9.39. The fraction of sp³-hybridized carbons (Fsp3) is 0.381. The number of carbonyl (C=O) groups is 1. The topological polar surface area (TPSA) is 60.0 Å². The number of hydrogen-bond donors (Lipinski definition) is 1. The molecule has 0 unspecified atom stereocenters. The number of fused-ring (bicyclic) bond motifs is 1. The molecule has 1 fully saturated rings. The third kappa shape index (κ3) is 3.65. The van der Waals surface area contributed by atoms with Crippen LogP contribution in [-0.4, -0.2) is 39.3 Å². The second kappa shape index (κ2) is 7.78. The van der Waals surface area contributed by atoms with Gasteiger partial charge in [-0.2, -0.15) is 0 Å². The van der Waals surface area contributed by atoms with Gasteiger partial charge in [0.15, 0.2) is 11.5 Å². The molecule has 2 aliphatic rings. The summed E-state index contributed by atoms with van der Waals surface area (Å²) in [6.45, 7) is 2.96. The second-order valence-corrected chi connectivity index (χ2v) is 6.72. The van der Waals surface area contributed by atoms with Crippen LogP contribution in [0.4, 0.5) is 11.4 Å². The lowest BCUT2D eigenvalue weighted by molar-refractivity contribution is 0.102. The molecular weight excluding hydrogens is 344 g/mol. The van der Waals surface area contributed by atoms with Crippen molar-refractivity contribution < 1.29 is 19.0 Å². The normalized spacial score (nSPS) is 16.0. The number of methoxy groups -OCH3 is 1. The number of anilines is 2. The fourth-order valence-corrected chi connectivity index (χ4v) is 3.59.